The maximum atomic E-state index is 11.7. The second-order valence-electron chi connectivity index (χ2n) is 6.62. The number of hydrogen-bond acceptors (Lipinski definition) is 4. The summed E-state index contributed by atoms with van der Waals surface area (Å²) in [4.78, 5) is 23.0. The Morgan fingerprint density at radius 1 is 1.39 bits per heavy atom. The first-order valence-corrected chi connectivity index (χ1v) is 7.71. The van der Waals surface area contributed by atoms with Crippen LogP contribution >= 0.6 is 0 Å². The maximum Gasteiger partial charge on any atom is 0.408 e. The van der Waals surface area contributed by atoms with Crippen molar-refractivity contribution in [2.45, 2.75) is 51.7 Å². The van der Waals surface area contributed by atoms with E-state index in [2.05, 4.69) is 5.32 Å². The molecule has 0 bridgehead atoms. The van der Waals surface area contributed by atoms with Gasteiger partial charge in [0.15, 0.2) is 0 Å². The van der Waals surface area contributed by atoms with Crippen molar-refractivity contribution < 1.29 is 24.2 Å². The van der Waals surface area contributed by atoms with Gasteiger partial charge in [-0.2, -0.15) is 0 Å². The number of fused-ring (bicyclic) bond motifs is 1. The summed E-state index contributed by atoms with van der Waals surface area (Å²) in [6, 6.07) is 4.90. The molecule has 2 rings (SSSR count). The highest BCUT2D eigenvalue weighted by molar-refractivity contribution is 5.80. The van der Waals surface area contributed by atoms with Crippen molar-refractivity contribution in [1.29, 1.82) is 0 Å². The molecule has 0 aromatic heterocycles. The third kappa shape index (κ3) is 5.16. The smallest absolute Gasteiger partial charge is 0.408 e. The van der Waals surface area contributed by atoms with Gasteiger partial charge in [-0.05, 0) is 50.8 Å². The lowest BCUT2D eigenvalue weighted by Crippen LogP contribution is -2.43. The van der Waals surface area contributed by atoms with Crippen molar-refractivity contribution in [3.63, 3.8) is 0 Å². The first-order chi connectivity index (χ1) is 10.7. The highest BCUT2D eigenvalue weighted by Crippen LogP contribution is 2.26. The fraction of sp³-hybridized carbons (Fsp3) is 0.529. The Labute approximate surface area is 135 Å². The zero-order valence-corrected chi connectivity index (χ0v) is 13.7. The first-order valence-electron chi connectivity index (χ1n) is 7.71. The average molecular weight is 321 g/mol. The lowest BCUT2D eigenvalue weighted by atomic mass is 10.0. The SMILES string of the molecule is CC(C)(C)OC(=O)NC(CCc1ccc2c(c1)CCO2)C(=O)O. The van der Waals surface area contributed by atoms with Crippen molar-refractivity contribution >= 4 is 12.1 Å². The first kappa shape index (κ1) is 17.1. The number of rotatable bonds is 5. The quantitative estimate of drug-likeness (QED) is 0.870. The van der Waals surface area contributed by atoms with Gasteiger partial charge in [0.2, 0.25) is 0 Å². The molecule has 0 fully saturated rings. The summed E-state index contributed by atoms with van der Waals surface area (Å²) >= 11 is 0. The Balaban J connectivity index is 1.92. The minimum Gasteiger partial charge on any atom is -0.493 e. The van der Waals surface area contributed by atoms with E-state index < -0.39 is 23.7 Å². The topological polar surface area (TPSA) is 84.9 Å². The minimum absolute atomic E-state index is 0.300. The molecule has 2 N–H and O–H groups in total. The molecule has 1 aromatic carbocycles. The van der Waals surface area contributed by atoms with Gasteiger partial charge in [0, 0.05) is 6.42 Å². The summed E-state index contributed by atoms with van der Waals surface area (Å²) in [6.07, 6.45) is 1.02. The second kappa shape index (κ2) is 6.89. The van der Waals surface area contributed by atoms with Gasteiger partial charge < -0.3 is 19.9 Å². The van der Waals surface area contributed by atoms with Crippen molar-refractivity contribution in [1.82, 2.24) is 5.32 Å². The van der Waals surface area contributed by atoms with Crippen LogP contribution in [0.15, 0.2) is 18.2 Å². The van der Waals surface area contributed by atoms with Crippen molar-refractivity contribution in [3.05, 3.63) is 29.3 Å². The van der Waals surface area contributed by atoms with E-state index in [0.29, 0.717) is 19.4 Å². The normalized spacial score (nSPS) is 14.6. The largest absolute Gasteiger partial charge is 0.493 e. The maximum absolute atomic E-state index is 11.7. The fourth-order valence-corrected chi connectivity index (χ4v) is 2.41. The van der Waals surface area contributed by atoms with Gasteiger partial charge in [0.1, 0.15) is 17.4 Å². The molecule has 0 saturated heterocycles. The van der Waals surface area contributed by atoms with Crippen molar-refractivity contribution in [2.24, 2.45) is 0 Å². The van der Waals surface area contributed by atoms with Gasteiger partial charge in [-0.25, -0.2) is 9.59 Å². The van der Waals surface area contributed by atoms with Gasteiger partial charge in [0.25, 0.3) is 0 Å². The number of benzene rings is 1. The number of carbonyl (C=O) groups excluding carboxylic acids is 1. The van der Waals surface area contributed by atoms with Crippen LogP contribution in [-0.4, -0.2) is 35.4 Å². The summed E-state index contributed by atoms with van der Waals surface area (Å²) < 4.78 is 10.5. The highest BCUT2D eigenvalue weighted by atomic mass is 16.6. The van der Waals surface area contributed by atoms with Crippen LogP contribution in [0.1, 0.15) is 38.3 Å². The van der Waals surface area contributed by atoms with E-state index in [1.165, 1.54) is 0 Å². The molecule has 126 valence electrons. The molecular weight excluding hydrogens is 298 g/mol. The molecule has 23 heavy (non-hydrogen) atoms. The molecule has 0 spiro atoms. The van der Waals surface area contributed by atoms with E-state index in [4.69, 9.17) is 9.47 Å². The van der Waals surface area contributed by atoms with Crippen LogP contribution in [-0.2, 0) is 22.4 Å². The monoisotopic (exact) mass is 321 g/mol. The zero-order chi connectivity index (χ0) is 17.0. The molecular formula is C17H23NO5. The number of carbonyl (C=O) groups is 2. The summed E-state index contributed by atoms with van der Waals surface area (Å²) in [5, 5.41) is 11.7. The molecule has 1 aliphatic heterocycles. The van der Waals surface area contributed by atoms with Crippen molar-refractivity contribution in [3.8, 4) is 5.75 Å². The highest BCUT2D eigenvalue weighted by Gasteiger charge is 2.24. The van der Waals surface area contributed by atoms with Crippen LogP contribution in [0, 0.1) is 0 Å². The van der Waals surface area contributed by atoms with Gasteiger partial charge >= 0.3 is 12.1 Å². The number of carboxylic acid groups (broad SMARTS) is 1. The Morgan fingerprint density at radius 3 is 2.78 bits per heavy atom. The number of alkyl carbamates (subject to hydrolysis) is 1. The number of aliphatic carboxylic acids is 1. The number of aryl methyl sites for hydroxylation is 1. The Morgan fingerprint density at radius 2 is 2.13 bits per heavy atom. The van der Waals surface area contributed by atoms with Crippen LogP contribution in [0.2, 0.25) is 0 Å². The molecule has 6 heteroatoms. The molecule has 6 nitrogen and oxygen atoms in total. The number of carboxylic acids is 1. The van der Waals surface area contributed by atoms with E-state index in [0.717, 1.165) is 23.3 Å². The standard InChI is InChI=1S/C17H23NO5/c1-17(2,3)23-16(21)18-13(15(19)20)6-4-11-5-7-14-12(10-11)8-9-22-14/h5,7,10,13H,4,6,8-9H2,1-3H3,(H,18,21)(H,19,20). The van der Waals surface area contributed by atoms with Crippen LogP contribution in [0.5, 0.6) is 5.75 Å². The molecule has 1 aromatic rings. The van der Waals surface area contributed by atoms with Crippen LogP contribution in [0.3, 0.4) is 0 Å². The number of nitrogens with one attached hydrogen (secondary N) is 1. The summed E-state index contributed by atoms with van der Waals surface area (Å²) in [5.41, 5.74) is 1.52. The summed E-state index contributed by atoms with van der Waals surface area (Å²) in [7, 11) is 0. The molecule has 0 aliphatic carbocycles. The Bertz CT molecular complexity index is 591. The van der Waals surface area contributed by atoms with E-state index in [-0.39, 0.29) is 0 Å². The molecule has 1 aliphatic rings. The van der Waals surface area contributed by atoms with Crippen molar-refractivity contribution in [2.75, 3.05) is 6.61 Å². The minimum atomic E-state index is -1.07. The van der Waals surface area contributed by atoms with E-state index in [1.54, 1.807) is 20.8 Å². The number of ether oxygens (including phenoxy) is 2. The van der Waals surface area contributed by atoms with Gasteiger partial charge in [-0.1, -0.05) is 12.1 Å². The molecule has 0 radical (unpaired) electrons. The van der Waals surface area contributed by atoms with Gasteiger partial charge in [0.05, 0.1) is 6.61 Å². The number of amides is 1. The third-order valence-corrected chi connectivity index (χ3v) is 3.46. The summed E-state index contributed by atoms with van der Waals surface area (Å²) in [5.74, 6) is -0.171. The number of hydrogen-bond donors (Lipinski definition) is 2. The second-order valence-corrected chi connectivity index (χ2v) is 6.62. The molecule has 1 heterocycles. The predicted molar refractivity (Wildman–Crippen MR) is 84.8 cm³/mol. The van der Waals surface area contributed by atoms with Gasteiger partial charge in [-0.15, -0.1) is 0 Å². The molecule has 1 atom stereocenters. The third-order valence-electron chi connectivity index (χ3n) is 3.46. The lowest BCUT2D eigenvalue weighted by Gasteiger charge is -2.22. The molecule has 1 unspecified atom stereocenters. The summed E-state index contributed by atoms with van der Waals surface area (Å²) in [6.45, 7) is 5.88. The zero-order valence-electron chi connectivity index (χ0n) is 13.7. The van der Waals surface area contributed by atoms with Crippen LogP contribution in [0.4, 0.5) is 4.79 Å². The van der Waals surface area contributed by atoms with Crippen LogP contribution < -0.4 is 10.1 Å². The van der Waals surface area contributed by atoms with Crippen LogP contribution in [0.25, 0.3) is 0 Å². The molecule has 0 saturated carbocycles. The predicted octanol–water partition coefficient (Wildman–Crippen LogP) is 2.53. The molecule has 1 amide bonds. The van der Waals surface area contributed by atoms with E-state index >= 15 is 0 Å². The fourth-order valence-electron chi connectivity index (χ4n) is 2.41. The Kier molecular flexibility index (Phi) is 5.13. The Hall–Kier alpha value is -2.24. The van der Waals surface area contributed by atoms with E-state index in [1.807, 2.05) is 18.2 Å². The average Bonchev–Trinajstić information content (AvgIpc) is 2.88. The lowest BCUT2D eigenvalue weighted by molar-refractivity contribution is -0.139. The van der Waals surface area contributed by atoms with Gasteiger partial charge in [-0.3, -0.25) is 0 Å². The van der Waals surface area contributed by atoms with E-state index in [9.17, 15) is 14.7 Å².